The van der Waals surface area contributed by atoms with Gasteiger partial charge in [-0.1, -0.05) is 0 Å². The first-order chi connectivity index (χ1) is 7.29. The molecule has 0 bridgehead atoms. The number of piperazine rings is 1. The van der Waals surface area contributed by atoms with Crippen LogP contribution in [-0.4, -0.2) is 47.2 Å². The summed E-state index contributed by atoms with van der Waals surface area (Å²) in [6, 6.07) is 0. The Morgan fingerprint density at radius 2 is 2.00 bits per heavy atom. The number of carboxylic acids is 1. The quantitative estimate of drug-likeness (QED) is 0.687. The summed E-state index contributed by atoms with van der Waals surface area (Å²) in [6.45, 7) is 3.21. The van der Waals surface area contributed by atoms with E-state index < -0.39 is 5.97 Å². The van der Waals surface area contributed by atoms with Crippen LogP contribution < -0.4 is 10.2 Å². The molecule has 0 spiro atoms. The highest BCUT2D eigenvalue weighted by molar-refractivity contribution is 5.90. The fraction of sp³-hybridized carbons (Fsp3) is 0.444. The number of aromatic nitrogens is 2. The number of anilines is 1. The van der Waals surface area contributed by atoms with Crippen molar-refractivity contribution in [3.05, 3.63) is 18.1 Å². The molecule has 1 aromatic rings. The zero-order valence-electron chi connectivity index (χ0n) is 8.18. The first-order valence-electron chi connectivity index (χ1n) is 4.79. The Labute approximate surface area is 87.0 Å². The van der Waals surface area contributed by atoms with Crippen molar-refractivity contribution in [2.24, 2.45) is 0 Å². The standard InChI is InChI=1S/C9H12N4O2/c14-9(15)7-8(12-2-1-11-7)13-5-3-10-4-6-13/h1-2,10H,3-6H2,(H,14,15). The second-order valence-corrected chi connectivity index (χ2v) is 3.27. The summed E-state index contributed by atoms with van der Waals surface area (Å²) < 4.78 is 0. The predicted octanol–water partition coefficient (Wildman–Crippen LogP) is -0.416. The minimum atomic E-state index is -1.03. The zero-order chi connectivity index (χ0) is 10.7. The third-order valence-corrected chi connectivity index (χ3v) is 2.30. The zero-order valence-corrected chi connectivity index (χ0v) is 8.18. The van der Waals surface area contributed by atoms with Crippen molar-refractivity contribution in [3.63, 3.8) is 0 Å². The summed E-state index contributed by atoms with van der Waals surface area (Å²) in [6.07, 6.45) is 2.92. The molecule has 80 valence electrons. The maximum absolute atomic E-state index is 10.9. The van der Waals surface area contributed by atoms with Gasteiger partial charge in [0.1, 0.15) is 0 Å². The molecule has 0 radical (unpaired) electrons. The Balaban J connectivity index is 2.29. The monoisotopic (exact) mass is 208 g/mol. The van der Waals surface area contributed by atoms with E-state index in [0.29, 0.717) is 5.82 Å². The van der Waals surface area contributed by atoms with Crippen LogP contribution >= 0.6 is 0 Å². The van der Waals surface area contributed by atoms with Crippen molar-refractivity contribution >= 4 is 11.8 Å². The van der Waals surface area contributed by atoms with E-state index in [1.165, 1.54) is 12.4 Å². The molecule has 2 N–H and O–H groups in total. The van der Waals surface area contributed by atoms with Crippen molar-refractivity contribution in [1.82, 2.24) is 15.3 Å². The van der Waals surface area contributed by atoms with E-state index in [1.807, 2.05) is 4.90 Å². The van der Waals surface area contributed by atoms with Gasteiger partial charge in [-0.15, -0.1) is 0 Å². The van der Waals surface area contributed by atoms with E-state index in [0.717, 1.165) is 26.2 Å². The lowest BCUT2D eigenvalue weighted by molar-refractivity contribution is 0.0690. The second kappa shape index (κ2) is 4.22. The molecule has 6 nitrogen and oxygen atoms in total. The van der Waals surface area contributed by atoms with Crippen LogP contribution in [0.15, 0.2) is 12.4 Å². The molecule has 0 saturated carbocycles. The largest absolute Gasteiger partial charge is 0.476 e. The van der Waals surface area contributed by atoms with Crippen molar-refractivity contribution in [2.75, 3.05) is 31.1 Å². The number of aromatic carboxylic acids is 1. The second-order valence-electron chi connectivity index (χ2n) is 3.27. The van der Waals surface area contributed by atoms with Crippen LogP contribution in [0.4, 0.5) is 5.82 Å². The van der Waals surface area contributed by atoms with Gasteiger partial charge in [-0.2, -0.15) is 0 Å². The lowest BCUT2D eigenvalue weighted by Crippen LogP contribution is -2.44. The van der Waals surface area contributed by atoms with E-state index in [2.05, 4.69) is 15.3 Å². The molecule has 2 heterocycles. The summed E-state index contributed by atoms with van der Waals surface area (Å²) >= 11 is 0. The van der Waals surface area contributed by atoms with Gasteiger partial charge in [0, 0.05) is 38.6 Å². The topological polar surface area (TPSA) is 78.3 Å². The summed E-state index contributed by atoms with van der Waals surface area (Å²) in [4.78, 5) is 20.8. The summed E-state index contributed by atoms with van der Waals surface area (Å²) in [5, 5.41) is 12.1. The highest BCUT2D eigenvalue weighted by Gasteiger charge is 2.19. The molecule has 0 atom stereocenters. The number of nitrogens with one attached hydrogen (secondary N) is 1. The van der Waals surface area contributed by atoms with Crippen LogP contribution in [0.3, 0.4) is 0 Å². The molecule has 1 fully saturated rings. The molecule has 15 heavy (non-hydrogen) atoms. The van der Waals surface area contributed by atoms with Gasteiger partial charge in [-0.3, -0.25) is 0 Å². The van der Waals surface area contributed by atoms with Crippen molar-refractivity contribution in [2.45, 2.75) is 0 Å². The Morgan fingerprint density at radius 3 is 2.67 bits per heavy atom. The van der Waals surface area contributed by atoms with Gasteiger partial charge < -0.3 is 15.3 Å². The van der Waals surface area contributed by atoms with Gasteiger partial charge in [0.15, 0.2) is 11.5 Å². The highest BCUT2D eigenvalue weighted by atomic mass is 16.4. The summed E-state index contributed by atoms with van der Waals surface area (Å²) in [5.74, 6) is -0.567. The smallest absolute Gasteiger partial charge is 0.358 e. The van der Waals surface area contributed by atoms with Gasteiger partial charge in [0.2, 0.25) is 0 Å². The molecule has 0 aliphatic carbocycles. The lowest BCUT2D eigenvalue weighted by atomic mass is 10.3. The lowest BCUT2D eigenvalue weighted by Gasteiger charge is -2.28. The van der Waals surface area contributed by atoms with E-state index in [1.54, 1.807) is 0 Å². The first kappa shape index (κ1) is 9.85. The van der Waals surface area contributed by atoms with Crippen molar-refractivity contribution < 1.29 is 9.90 Å². The molecule has 1 aliphatic heterocycles. The molecule has 0 unspecified atom stereocenters. The van der Waals surface area contributed by atoms with E-state index in [9.17, 15) is 4.79 Å². The molecule has 2 rings (SSSR count). The highest BCUT2D eigenvalue weighted by Crippen LogP contribution is 2.14. The summed E-state index contributed by atoms with van der Waals surface area (Å²) in [5.41, 5.74) is 0.0272. The van der Waals surface area contributed by atoms with Crippen LogP contribution in [0.2, 0.25) is 0 Å². The Hall–Kier alpha value is -1.69. The van der Waals surface area contributed by atoms with E-state index in [4.69, 9.17) is 5.11 Å². The molecular formula is C9H12N4O2. The van der Waals surface area contributed by atoms with Crippen LogP contribution in [-0.2, 0) is 0 Å². The maximum atomic E-state index is 10.9. The van der Waals surface area contributed by atoms with E-state index in [-0.39, 0.29) is 5.69 Å². The number of rotatable bonds is 2. The number of nitrogens with zero attached hydrogens (tertiary/aromatic N) is 3. The van der Waals surface area contributed by atoms with Gasteiger partial charge in [0.25, 0.3) is 0 Å². The minimum absolute atomic E-state index is 0.0272. The predicted molar refractivity (Wildman–Crippen MR) is 54.1 cm³/mol. The molecule has 0 amide bonds. The van der Waals surface area contributed by atoms with Crippen molar-refractivity contribution in [3.8, 4) is 0 Å². The van der Waals surface area contributed by atoms with Gasteiger partial charge in [-0.25, -0.2) is 14.8 Å². The van der Waals surface area contributed by atoms with E-state index >= 15 is 0 Å². The van der Waals surface area contributed by atoms with Crippen LogP contribution in [0.1, 0.15) is 10.5 Å². The number of carboxylic acid groups (broad SMARTS) is 1. The van der Waals surface area contributed by atoms with Gasteiger partial charge >= 0.3 is 5.97 Å². The Morgan fingerprint density at radius 1 is 1.33 bits per heavy atom. The number of hydrogen-bond acceptors (Lipinski definition) is 5. The Kier molecular flexibility index (Phi) is 2.77. The molecule has 0 aromatic carbocycles. The molecule has 1 aromatic heterocycles. The number of hydrogen-bond donors (Lipinski definition) is 2. The van der Waals surface area contributed by atoms with Crippen LogP contribution in [0.5, 0.6) is 0 Å². The normalized spacial score (nSPS) is 16.4. The Bertz CT molecular complexity index is 363. The molecular weight excluding hydrogens is 196 g/mol. The van der Waals surface area contributed by atoms with Crippen LogP contribution in [0.25, 0.3) is 0 Å². The SMILES string of the molecule is O=C(O)c1nccnc1N1CCNCC1. The summed E-state index contributed by atoms with van der Waals surface area (Å²) in [7, 11) is 0. The molecule has 1 saturated heterocycles. The third kappa shape index (κ3) is 2.04. The first-order valence-corrected chi connectivity index (χ1v) is 4.79. The molecule has 6 heteroatoms. The third-order valence-electron chi connectivity index (χ3n) is 2.30. The average Bonchev–Trinajstić information content (AvgIpc) is 2.30. The average molecular weight is 208 g/mol. The van der Waals surface area contributed by atoms with Crippen LogP contribution in [0, 0.1) is 0 Å². The maximum Gasteiger partial charge on any atom is 0.358 e. The number of carbonyl (C=O) groups is 1. The van der Waals surface area contributed by atoms with Gasteiger partial charge in [0.05, 0.1) is 0 Å². The minimum Gasteiger partial charge on any atom is -0.476 e. The fourth-order valence-electron chi connectivity index (χ4n) is 1.59. The van der Waals surface area contributed by atoms with Crippen molar-refractivity contribution in [1.29, 1.82) is 0 Å². The fourth-order valence-corrected chi connectivity index (χ4v) is 1.59. The van der Waals surface area contributed by atoms with Gasteiger partial charge in [-0.05, 0) is 0 Å². The molecule has 1 aliphatic rings.